The third kappa shape index (κ3) is 5.99. The predicted molar refractivity (Wildman–Crippen MR) is 157 cm³/mol. The van der Waals surface area contributed by atoms with Crippen molar-refractivity contribution in [3.8, 4) is 11.5 Å². The summed E-state index contributed by atoms with van der Waals surface area (Å²) in [6.45, 7) is 5.69. The summed E-state index contributed by atoms with van der Waals surface area (Å²) >= 11 is 6.70. The number of carbonyl (C=O) groups is 2. The monoisotopic (exact) mass is 563 g/mol. The summed E-state index contributed by atoms with van der Waals surface area (Å²) in [5.74, 6) is 0.0739. The highest BCUT2D eigenvalue weighted by Crippen LogP contribution is 2.41. The van der Waals surface area contributed by atoms with Crippen LogP contribution in [0.15, 0.2) is 71.1 Å². The highest BCUT2D eigenvalue weighted by Gasteiger charge is 2.39. The van der Waals surface area contributed by atoms with Crippen molar-refractivity contribution in [3.05, 3.63) is 87.7 Å². The van der Waals surface area contributed by atoms with Gasteiger partial charge in [-0.1, -0.05) is 49.2 Å². The lowest BCUT2D eigenvalue weighted by molar-refractivity contribution is -0.113. The summed E-state index contributed by atoms with van der Waals surface area (Å²) in [6.07, 6.45) is 2.59. The summed E-state index contributed by atoms with van der Waals surface area (Å²) in [7, 11) is 3.07. The van der Waals surface area contributed by atoms with Crippen LogP contribution >= 0.6 is 11.6 Å². The van der Waals surface area contributed by atoms with E-state index >= 15 is 0 Å². The van der Waals surface area contributed by atoms with Crippen LogP contribution in [0.5, 0.6) is 11.5 Å². The number of aryl methyl sites for hydroxylation is 1. The number of methoxy groups -OCH3 is 2. The van der Waals surface area contributed by atoms with E-state index in [4.69, 9.17) is 21.1 Å². The van der Waals surface area contributed by atoms with Gasteiger partial charge in [0.15, 0.2) is 5.15 Å². The minimum Gasteiger partial charge on any atom is -0.495 e. The summed E-state index contributed by atoms with van der Waals surface area (Å²) in [4.78, 5) is 35.7. The summed E-state index contributed by atoms with van der Waals surface area (Å²) in [5, 5.41) is 9.34. The number of amides is 2. The van der Waals surface area contributed by atoms with Crippen LogP contribution in [0.1, 0.15) is 51.0 Å². The second kappa shape index (κ2) is 12.7. The molecule has 40 heavy (non-hydrogen) atoms. The zero-order chi connectivity index (χ0) is 28.8. The molecule has 2 aromatic carbocycles. The number of benzene rings is 2. The minimum absolute atomic E-state index is 0.212. The van der Waals surface area contributed by atoms with Crippen molar-refractivity contribution >= 4 is 34.8 Å². The van der Waals surface area contributed by atoms with Crippen LogP contribution in [-0.4, -0.2) is 36.0 Å². The molecule has 0 radical (unpaired) electrons. The van der Waals surface area contributed by atoms with Crippen molar-refractivity contribution in [2.24, 2.45) is 0 Å². The van der Waals surface area contributed by atoms with Gasteiger partial charge in [-0.25, -0.2) is 4.98 Å². The molecule has 1 aliphatic heterocycles. The number of hydrogen-bond donors (Lipinski definition) is 4. The topological polar surface area (TPSA) is 117 Å². The van der Waals surface area contributed by atoms with E-state index in [1.54, 1.807) is 50.2 Å². The molecule has 4 N–H and O–H groups in total. The largest absolute Gasteiger partial charge is 0.495 e. The number of carbonyl (C=O) groups excluding carboxylic acids is 2. The first-order chi connectivity index (χ1) is 19.3. The SMILES string of the molecule is CCCCc1nc(Cl)c(C2C(C(=O)Nc3ccccc3OC)=C(C)NC(C)=C2C(=O)Nc2ccccc2OC)[nH]1. The van der Waals surface area contributed by atoms with Gasteiger partial charge in [0, 0.05) is 29.0 Å². The molecule has 0 atom stereocenters. The molecule has 3 aromatic rings. The van der Waals surface area contributed by atoms with Crippen LogP contribution < -0.4 is 25.4 Å². The smallest absolute Gasteiger partial charge is 0.254 e. The van der Waals surface area contributed by atoms with Crippen molar-refractivity contribution < 1.29 is 19.1 Å². The first kappa shape index (κ1) is 28.8. The lowest BCUT2D eigenvalue weighted by Gasteiger charge is -2.31. The quantitative estimate of drug-likeness (QED) is 0.243. The van der Waals surface area contributed by atoms with Gasteiger partial charge < -0.3 is 30.4 Å². The summed E-state index contributed by atoms with van der Waals surface area (Å²) < 4.78 is 10.9. The highest BCUT2D eigenvalue weighted by molar-refractivity contribution is 6.30. The number of allylic oxidation sites excluding steroid dienone is 2. The molecule has 10 heteroatoms. The molecule has 4 rings (SSSR count). The second-order valence-electron chi connectivity index (χ2n) is 9.44. The van der Waals surface area contributed by atoms with Gasteiger partial charge in [0.25, 0.3) is 11.8 Å². The molecule has 9 nitrogen and oxygen atoms in total. The van der Waals surface area contributed by atoms with E-state index in [0.717, 1.165) is 12.8 Å². The number of imidazole rings is 1. The molecule has 0 bridgehead atoms. The number of halogens is 1. The van der Waals surface area contributed by atoms with Crippen LogP contribution in [-0.2, 0) is 16.0 Å². The van der Waals surface area contributed by atoms with Gasteiger partial charge in [0.2, 0.25) is 0 Å². The van der Waals surface area contributed by atoms with Gasteiger partial charge >= 0.3 is 0 Å². The van der Waals surface area contributed by atoms with E-state index < -0.39 is 17.7 Å². The first-order valence-corrected chi connectivity index (χ1v) is 13.5. The number of H-pyrrole nitrogens is 1. The third-order valence-corrected chi connectivity index (χ3v) is 7.04. The molecule has 210 valence electrons. The van der Waals surface area contributed by atoms with Gasteiger partial charge in [0.05, 0.1) is 37.2 Å². The molecular weight excluding hydrogens is 530 g/mol. The van der Waals surface area contributed by atoms with Gasteiger partial charge in [-0.2, -0.15) is 0 Å². The van der Waals surface area contributed by atoms with Gasteiger partial charge in [-0.3, -0.25) is 9.59 Å². The Kier molecular flexibility index (Phi) is 9.16. The van der Waals surface area contributed by atoms with Crippen molar-refractivity contribution in [2.45, 2.75) is 46.0 Å². The van der Waals surface area contributed by atoms with E-state index in [-0.39, 0.29) is 5.15 Å². The van der Waals surface area contributed by atoms with Crippen molar-refractivity contribution in [3.63, 3.8) is 0 Å². The van der Waals surface area contributed by atoms with Gasteiger partial charge in [-0.15, -0.1) is 0 Å². The Bertz CT molecular complexity index is 1390. The number of nitrogens with zero attached hydrogens (tertiary/aromatic N) is 1. The van der Waals surface area contributed by atoms with Gasteiger partial charge in [0.1, 0.15) is 17.3 Å². The van der Waals surface area contributed by atoms with Crippen molar-refractivity contribution in [1.82, 2.24) is 15.3 Å². The minimum atomic E-state index is -0.832. The average molecular weight is 564 g/mol. The Labute approximate surface area is 239 Å². The zero-order valence-electron chi connectivity index (χ0n) is 23.3. The number of hydrogen-bond acceptors (Lipinski definition) is 6. The second-order valence-corrected chi connectivity index (χ2v) is 9.79. The number of ether oxygens (including phenoxy) is 2. The number of anilines is 2. The van der Waals surface area contributed by atoms with Crippen LogP contribution in [0.4, 0.5) is 11.4 Å². The Morgan fingerprint density at radius 1 is 0.900 bits per heavy atom. The third-order valence-electron chi connectivity index (χ3n) is 6.75. The number of aromatic nitrogens is 2. The number of aromatic amines is 1. The van der Waals surface area contributed by atoms with Crippen molar-refractivity contribution in [2.75, 3.05) is 24.9 Å². The van der Waals surface area contributed by atoms with Crippen LogP contribution in [0, 0.1) is 0 Å². The van der Waals surface area contributed by atoms with E-state index in [1.807, 2.05) is 12.1 Å². The van der Waals surface area contributed by atoms with E-state index in [1.165, 1.54) is 14.2 Å². The Balaban J connectivity index is 1.80. The molecule has 1 aliphatic rings. The summed E-state index contributed by atoms with van der Waals surface area (Å²) in [6, 6.07) is 14.3. The lowest BCUT2D eigenvalue weighted by Crippen LogP contribution is -2.35. The molecule has 2 amide bonds. The Hall–Kier alpha value is -4.24. The zero-order valence-corrected chi connectivity index (χ0v) is 24.0. The Morgan fingerprint density at radius 2 is 1.40 bits per heavy atom. The molecule has 1 aromatic heterocycles. The maximum absolute atomic E-state index is 13.9. The molecule has 0 unspecified atom stereocenters. The number of unbranched alkanes of at least 4 members (excludes halogenated alkanes) is 1. The maximum atomic E-state index is 13.9. The fraction of sp³-hybridized carbons (Fsp3) is 0.300. The molecule has 0 spiro atoms. The number of para-hydroxylation sites is 4. The summed E-state index contributed by atoms with van der Waals surface area (Å²) in [5.41, 5.74) is 3.31. The average Bonchev–Trinajstić information content (AvgIpc) is 3.31. The fourth-order valence-electron chi connectivity index (χ4n) is 4.83. The van der Waals surface area contributed by atoms with Crippen molar-refractivity contribution in [1.29, 1.82) is 0 Å². The van der Waals surface area contributed by atoms with Crippen LogP contribution in [0.2, 0.25) is 5.15 Å². The maximum Gasteiger partial charge on any atom is 0.254 e. The van der Waals surface area contributed by atoms with Crippen LogP contribution in [0.3, 0.4) is 0 Å². The molecule has 0 saturated heterocycles. The Morgan fingerprint density at radius 3 is 1.88 bits per heavy atom. The predicted octanol–water partition coefficient (Wildman–Crippen LogP) is 5.94. The molecule has 0 aliphatic carbocycles. The number of nitrogens with one attached hydrogen (secondary N) is 4. The first-order valence-electron chi connectivity index (χ1n) is 13.1. The van der Waals surface area contributed by atoms with Crippen LogP contribution in [0.25, 0.3) is 0 Å². The van der Waals surface area contributed by atoms with E-state index in [0.29, 0.717) is 63.4 Å². The normalized spacial score (nSPS) is 13.7. The van der Waals surface area contributed by atoms with E-state index in [9.17, 15) is 9.59 Å². The molecule has 0 fully saturated rings. The standard InChI is InChI=1S/C30H34ClN5O4/c1-6-7-16-23-35-27(28(31)36-23)26-24(29(37)33-19-12-8-10-14-21(19)39-4)17(2)32-18(3)25(26)30(38)34-20-13-9-11-15-22(20)40-5/h8-15,26,32H,6-7,16H2,1-5H3,(H,33,37)(H,34,38)(H,35,36). The van der Waals surface area contributed by atoms with Gasteiger partial charge in [-0.05, 0) is 44.5 Å². The lowest BCUT2D eigenvalue weighted by atomic mass is 9.82. The highest BCUT2D eigenvalue weighted by atomic mass is 35.5. The number of rotatable bonds is 10. The molecular formula is C30H34ClN5O4. The molecule has 2 heterocycles. The molecule has 0 saturated carbocycles. The number of dihydropyridines is 1. The fourth-order valence-corrected chi connectivity index (χ4v) is 5.09. The van der Waals surface area contributed by atoms with E-state index in [2.05, 4.69) is 32.8 Å².